The lowest BCUT2D eigenvalue weighted by molar-refractivity contribution is -0.0221. The van der Waals surface area contributed by atoms with Crippen molar-refractivity contribution in [2.24, 2.45) is 0 Å². The number of nitrogens with zero attached hydrogens (tertiary/aromatic N) is 1. The van der Waals surface area contributed by atoms with Crippen molar-refractivity contribution >= 4 is 33.3 Å². The highest BCUT2D eigenvalue weighted by Gasteiger charge is 2.35. The minimum Gasteiger partial charge on any atom is -0.497 e. The number of likely N-dealkylation sites (tertiary alicyclic amines) is 1. The lowest BCUT2D eigenvalue weighted by Gasteiger charge is -2.39. The summed E-state index contributed by atoms with van der Waals surface area (Å²) in [5, 5.41) is 0.748. The maximum Gasteiger partial charge on any atom is 0.410 e. The van der Waals surface area contributed by atoms with Crippen molar-refractivity contribution in [3.05, 3.63) is 83.0 Å². The first-order chi connectivity index (χ1) is 18.6. The van der Waals surface area contributed by atoms with Crippen LogP contribution in [0.1, 0.15) is 36.0 Å². The summed E-state index contributed by atoms with van der Waals surface area (Å²) in [6.45, 7) is 6.39. The van der Waals surface area contributed by atoms with E-state index in [0.29, 0.717) is 41.0 Å². The Morgan fingerprint density at radius 3 is 2.31 bits per heavy atom. The Bertz CT molecular complexity index is 1520. The molecule has 7 nitrogen and oxygen atoms in total. The molecule has 5 rings (SSSR count). The van der Waals surface area contributed by atoms with Crippen LogP contribution in [0.15, 0.2) is 66.7 Å². The zero-order valence-corrected chi connectivity index (χ0v) is 22.8. The van der Waals surface area contributed by atoms with Gasteiger partial charge in [-0.1, -0.05) is 12.1 Å². The number of thiophene rings is 1. The van der Waals surface area contributed by atoms with Gasteiger partial charge in [0.05, 0.1) is 20.2 Å². The van der Waals surface area contributed by atoms with E-state index in [2.05, 4.69) is 0 Å². The van der Waals surface area contributed by atoms with Crippen LogP contribution in [0.3, 0.4) is 0 Å². The number of hydrogen-bond acceptors (Lipinski definition) is 7. The molecule has 0 aliphatic carbocycles. The molecule has 0 spiro atoms. The van der Waals surface area contributed by atoms with Crippen LogP contribution in [0.5, 0.6) is 23.0 Å². The number of rotatable bonds is 7. The van der Waals surface area contributed by atoms with Crippen LogP contribution in [-0.4, -0.2) is 48.7 Å². The van der Waals surface area contributed by atoms with Crippen molar-refractivity contribution in [3.8, 4) is 23.0 Å². The fourth-order valence-electron chi connectivity index (χ4n) is 4.08. The molecule has 1 amide bonds. The van der Waals surface area contributed by atoms with Crippen LogP contribution in [0.4, 0.5) is 9.18 Å². The van der Waals surface area contributed by atoms with Crippen LogP contribution in [0, 0.1) is 5.82 Å². The molecule has 9 heteroatoms. The van der Waals surface area contributed by atoms with Crippen LogP contribution >= 0.6 is 11.3 Å². The zero-order chi connectivity index (χ0) is 27.7. The lowest BCUT2D eigenvalue weighted by atomic mass is 10.1. The van der Waals surface area contributed by atoms with Crippen molar-refractivity contribution < 1.29 is 32.9 Å². The average Bonchev–Trinajstić information content (AvgIpc) is 3.22. The number of ketones is 1. The van der Waals surface area contributed by atoms with E-state index in [9.17, 15) is 14.0 Å². The first-order valence-electron chi connectivity index (χ1n) is 12.4. The molecule has 1 aromatic heterocycles. The molecule has 0 N–H and O–H groups in total. The predicted molar refractivity (Wildman–Crippen MR) is 147 cm³/mol. The van der Waals surface area contributed by atoms with Gasteiger partial charge in [0.15, 0.2) is 5.75 Å². The second-order valence-electron chi connectivity index (χ2n) is 10.2. The van der Waals surface area contributed by atoms with E-state index in [1.54, 1.807) is 48.4 Å². The van der Waals surface area contributed by atoms with Crippen molar-refractivity contribution in [1.82, 2.24) is 4.90 Å². The van der Waals surface area contributed by atoms with Gasteiger partial charge in [-0.15, -0.1) is 11.3 Å². The van der Waals surface area contributed by atoms with Crippen molar-refractivity contribution in [1.29, 1.82) is 0 Å². The minimum absolute atomic E-state index is 0.129. The summed E-state index contributed by atoms with van der Waals surface area (Å²) in [7, 11) is 1.58. The Hall–Kier alpha value is -4.11. The molecule has 1 saturated heterocycles. The summed E-state index contributed by atoms with van der Waals surface area (Å²) in [5.41, 5.74) is -0.302. The SMILES string of the molecule is COc1ccc2c(Oc3ccc(OC4CN(C(=O)OC(C)(C)C)C4)cc3)c(C(=O)c3cccc(F)c3)sc2c1. The number of methoxy groups -OCH3 is 1. The Balaban J connectivity index is 1.32. The number of fused-ring (bicyclic) bond motifs is 1. The zero-order valence-electron chi connectivity index (χ0n) is 22.0. The van der Waals surface area contributed by atoms with Crippen molar-refractivity contribution in [2.45, 2.75) is 32.5 Å². The van der Waals surface area contributed by atoms with Gasteiger partial charge >= 0.3 is 6.09 Å². The number of amides is 1. The molecule has 2 heterocycles. The van der Waals surface area contributed by atoms with Crippen molar-refractivity contribution in [2.75, 3.05) is 20.2 Å². The van der Waals surface area contributed by atoms with Gasteiger partial charge in [-0.3, -0.25) is 4.79 Å². The highest BCUT2D eigenvalue weighted by molar-refractivity contribution is 7.21. The Morgan fingerprint density at radius 2 is 1.64 bits per heavy atom. The monoisotopic (exact) mass is 549 g/mol. The second kappa shape index (κ2) is 10.6. The standard InChI is InChI=1S/C30H28FNO6S/c1-30(2,3)38-29(34)32-16-23(17-32)36-20-8-10-21(11-9-20)37-27-24-13-12-22(35-4)15-25(24)39-28(27)26(33)18-6-5-7-19(31)14-18/h5-15,23H,16-17H2,1-4H3. The Labute approximate surface area is 229 Å². The number of hydrogen-bond donors (Lipinski definition) is 0. The first-order valence-corrected chi connectivity index (χ1v) is 13.2. The fraction of sp³-hybridized carbons (Fsp3) is 0.267. The topological polar surface area (TPSA) is 74.3 Å². The van der Waals surface area contributed by atoms with Crippen LogP contribution in [0.25, 0.3) is 10.1 Å². The molecule has 4 aromatic rings. The fourth-order valence-corrected chi connectivity index (χ4v) is 5.20. The first kappa shape index (κ1) is 26.5. The smallest absolute Gasteiger partial charge is 0.410 e. The second-order valence-corrected chi connectivity index (χ2v) is 11.2. The molecule has 3 aromatic carbocycles. The summed E-state index contributed by atoms with van der Waals surface area (Å²) < 4.78 is 37.6. The van der Waals surface area contributed by atoms with Crippen molar-refractivity contribution in [3.63, 3.8) is 0 Å². The van der Waals surface area contributed by atoms with E-state index in [-0.39, 0.29) is 23.5 Å². The molecule has 202 valence electrons. The summed E-state index contributed by atoms with van der Waals surface area (Å²) in [4.78, 5) is 27.5. The van der Waals surface area contributed by atoms with Gasteiger partial charge in [0.1, 0.15) is 39.6 Å². The predicted octanol–water partition coefficient (Wildman–Crippen LogP) is 7.07. The Morgan fingerprint density at radius 1 is 0.949 bits per heavy atom. The lowest BCUT2D eigenvalue weighted by Crippen LogP contribution is -2.57. The molecule has 0 unspecified atom stereocenters. The van der Waals surface area contributed by atoms with Gasteiger partial charge in [0, 0.05) is 15.6 Å². The van der Waals surface area contributed by atoms with E-state index in [1.807, 2.05) is 32.9 Å². The molecule has 0 bridgehead atoms. The molecule has 39 heavy (non-hydrogen) atoms. The van der Waals surface area contributed by atoms with Crippen LogP contribution < -0.4 is 14.2 Å². The third-order valence-electron chi connectivity index (χ3n) is 5.99. The highest BCUT2D eigenvalue weighted by atomic mass is 32.1. The van der Waals surface area contributed by atoms with Gasteiger partial charge in [0.25, 0.3) is 0 Å². The molecule has 1 aliphatic rings. The molecular formula is C30H28FNO6S. The van der Waals surface area contributed by atoms with Crippen LogP contribution in [0.2, 0.25) is 0 Å². The third-order valence-corrected chi connectivity index (χ3v) is 7.12. The van der Waals surface area contributed by atoms with Gasteiger partial charge in [-0.25, -0.2) is 9.18 Å². The largest absolute Gasteiger partial charge is 0.497 e. The number of carbonyl (C=O) groups is 2. The highest BCUT2D eigenvalue weighted by Crippen LogP contribution is 2.43. The molecule has 0 radical (unpaired) electrons. The third kappa shape index (κ3) is 5.98. The Kier molecular flexibility index (Phi) is 7.18. The molecule has 0 saturated carbocycles. The van der Waals surface area contributed by atoms with Gasteiger partial charge in [-0.2, -0.15) is 0 Å². The molecule has 0 atom stereocenters. The molecule has 1 fully saturated rings. The normalized spacial score (nSPS) is 13.6. The van der Waals surface area contributed by atoms with E-state index < -0.39 is 11.4 Å². The van der Waals surface area contributed by atoms with Gasteiger partial charge in [0.2, 0.25) is 5.78 Å². The molecule has 1 aliphatic heterocycles. The van der Waals surface area contributed by atoms with E-state index >= 15 is 0 Å². The summed E-state index contributed by atoms with van der Waals surface area (Å²) in [6.07, 6.45) is -0.481. The van der Waals surface area contributed by atoms with Gasteiger partial charge < -0.3 is 23.8 Å². The quantitative estimate of drug-likeness (QED) is 0.230. The minimum atomic E-state index is -0.541. The van der Waals surface area contributed by atoms with E-state index in [0.717, 1.165) is 10.1 Å². The molecular weight excluding hydrogens is 521 g/mol. The summed E-state index contributed by atoms with van der Waals surface area (Å²) in [5.74, 6) is 1.38. The summed E-state index contributed by atoms with van der Waals surface area (Å²) >= 11 is 1.27. The summed E-state index contributed by atoms with van der Waals surface area (Å²) in [6, 6.07) is 18.1. The number of benzene rings is 3. The maximum atomic E-state index is 13.8. The average molecular weight is 550 g/mol. The van der Waals surface area contributed by atoms with Gasteiger partial charge in [-0.05, 0) is 75.4 Å². The van der Waals surface area contributed by atoms with E-state index in [4.69, 9.17) is 18.9 Å². The van der Waals surface area contributed by atoms with E-state index in [1.165, 1.54) is 29.5 Å². The maximum absolute atomic E-state index is 13.8. The number of carbonyl (C=O) groups excluding carboxylic acids is 2. The van der Waals surface area contributed by atoms with Crippen LogP contribution in [-0.2, 0) is 4.74 Å². The number of halogens is 1. The number of ether oxygens (including phenoxy) is 4.